The SMILES string of the molecule is CCN(CC1CCCC(C)C1)C1CCNC1. The van der Waals surface area contributed by atoms with Crippen LogP contribution in [0.15, 0.2) is 0 Å². The first kappa shape index (κ1) is 12.4. The minimum Gasteiger partial charge on any atom is -0.315 e. The van der Waals surface area contributed by atoms with Crippen LogP contribution in [0, 0.1) is 11.8 Å². The first-order chi connectivity index (χ1) is 7.79. The van der Waals surface area contributed by atoms with Crippen LogP contribution >= 0.6 is 0 Å². The van der Waals surface area contributed by atoms with Crippen molar-refractivity contribution in [1.29, 1.82) is 0 Å². The van der Waals surface area contributed by atoms with E-state index in [1.165, 1.54) is 58.3 Å². The average molecular weight is 224 g/mol. The van der Waals surface area contributed by atoms with Crippen LogP contribution in [0.25, 0.3) is 0 Å². The summed E-state index contributed by atoms with van der Waals surface area (Å²) >= 11 is 0. The van der Waals surface area contributed by atoms with Crippen molar-refractivity contribution in [2.45, 2.75) is 52.0 Å². The minimum absolute atomic E-state index is 0.822. The molecular formula is C14H28N2. The summed E-state index contributed by atoms with van der Waals surface area (Å²) in [5.41, 5.74) is 0. The standard InChI is InChI=1S/C14H28N2/c1-3-16(14-7-8-15-10-14)11-13-6-4-5-12(2)9-13/h12-15H,3-11H2,1-2H3. The summed E-state index contributed by atoms with van der Waals surface area (Å²) in [5.74, 6) is 1.95. The molecule has 2 fully saturated rings. The predicted octanol–water partition coefficient (Wildman–Crippen LogP) is 2.50. The molecule has 1 saturated carbocycles. The maximum Gasteiger partial charge on any atom is 0.0232 e. The third kappa shape index (κ3) is 3.21. The van der Waals surface area contributed by atoms with Crippen LogP contribution < -0.4 is 5.32 Å². The zero-order chi connectivity index (χ0) is 11.4. The van der Waals surface area contributed by atoms with Gasteiger partial charge in [-0.05, 0) is 44.2 Å². The second kappa shape index (κ2) is 6.02. The highest BCUT2D eigenvalue weighted by atomic mass is 15.2. The molecule has 1 heterocycles. The zero-order valence-electron chi connectivity index (χ0n) is 11.0. The van der Waals surface area contributed by atoms with Crippen molar-refractivity contribution in [2.24, 2.45) is 11.8 Å². The van der Waals surface area contributed by atoms with Gasteiger partial charge in [0.05, 0.1) is 0 Å². The molecule has 0 aromatic carbocycles. The van der Waals surface area contributed by atoms with E-state index in [1.807, 2.05) is 0 Å². The van der Waals surface area contributed by atoms with Crippen molar-refractivity contribution in [3.8, 4) is 0 Å². The Kier molecular flexibility index (Phi) is 4.66. The fraction of sp³-hybridized carbons (Fsp3) is 1.00. The lowest BCUT2D eigenvalue weighted by atomic mass is 9.82. The van der Waals surface area contributed by atoms with Gasteiger partial charge in [-0.15, -0.1) is 0 Å². The zero-order valence-corrected chi connectivity index (χ0v) is 11.0. The van der Waals surface area contributed by atoms with Crippen molar-refractivity contribution >= 4 is 0 Å². The smallest absolute Gasteiger partial charge is 0.0232 e. The van der Waals surface area contributed by atoms with E-state index in [0.29, 0.717) is 0 Å². The molecular weight excluding hydrogens is 196 g/mol. The van der Waals surface area contributed by atoms with Gasteiger partial charge >= 0.3 is 0 Å². The van der Waals surface area contributed by atoms with Gasteiger partial charge in [-0.3, -0.25) is 4.90 Å². The maximum absolute atomic E-state index is 3.49. The molecule has 0 amide bonds. The number of hydrogen-bond donors (Lipinski definition) is 1. The fourth-order valence-corrected chi connectivity index (χ4v) is 3.54. The molecule has 3 unspecified atom stereocenters. The van der Waals surface area contributed by atoms with Crippen LogP contribution in [-0.4, -0.2) is 37.1 Å². The summed E-state index contributed by atoms with van der Waals surface area (Å²) in [4.78, 5) is 2.72. The molecule has 2 aliphatic rings. The largest absolute Gasteiger partial charge is 0.315 e. The number of likely N-dealkylation sites (N-methyl/N-ethyl adjacent to an activating group) is 1. The molecule has 1 saturated heterocycles. The highest BCUT2D eigenvalue weighted by Gasteiger charge is 2.25. The van der Waals surface area contributed by atoms with Gasteiger partial charge in [0.2, 0.25) is 0 Å². The molecule has 1 aliphatic carbocycles. The highest BCUT2D eigenvalue weighted by molar-refractivity contribution is 4.82. The minimum atomic E-state index is 0.822. The summed E-state index contributed by atoms with van der Waals surface area (Å²) in [5, 5.41) is 3.49. The molecule has 0 aromatic heterocycles. The molecule has 3 atom stereocenters. The first-order valence-electron chi connectivity index (χ1n) is 7.24. The van der Waals surface area contributed by atoms with E-state index in [2.05, 4.69) is 24.1 Å². The third-order valence-electron chi connectivity index (χ3n) is 4.49. The molecule has 0 spiro atoms. The van der Waals surface area contributed by atoms with E-state index in [4.69, 9.17) is 0 Å². The number of rotatable bonds is 4. The number of nitrogens with one attached hydrogen (secondary N) is 1. The van der Waals surface area contributed by atoms with Gasteiger partial charge in [0, 0.05) is 19.1 Å². The lowest BCUT2D eigenvalue weighted by Gasteiger charge is -2.34. The van der Waals surface area contributed by atoms with E-state index < -0.39 is 0 Å². The van der Waals surface area contributed by atoms with Crippen molar-refractivity contribution in [1.82, 2.24) is 10.2 Å². The van der Waals surface area contributed by atoms with Gasteiger partial charge in [-0.2, -0.15) is 0 Å². The Morgan fingerprint density at radius 3 is 2.75 bits per heavy atom. The molecule has 2 heteroatoms. The van der Waals surface area contributed by atoms with Gasteiger partial charge < -0.3 is 5.32 Å². The van der Waals surface area contributed by atoms with Crippen LogP contribution in [0.2, 0.25) is 0 Å². The summed E-state index contributed by atoms with van der Waals surface area (Å²) in [6, 6.07) is 0.822. The van der Waals surface area contributed by atoms with Gasteiger partial charge in [0.1, 0.15) is 0 Å². The predicted molar refractivity (Wildman–Crippen MR) is 69.6 cm³/mol. The first-order valence-corrected chi connectivity index (χ1v) is 7.24. The van der Waals surface area contributed by atoms with Crippen LogP contribution in [-0.2, 0) is 0 Å². The Hall–Kier alpha value is -0.0800. The van der Waals surface area contributed by atoms with Gasteiger partial charge in [0.25, 0.3) is 0 Å². The second-order valence-electron chi connectivity index (χ2n) is 5.87. The van der Waals surface area contributed by atoms with Crippen LogP contribution in [0.3, 0.4) is 0 Å². The molecule has 0 aromatic rings. The van der Waals surface area contributed by atoms with Gasteiger partial charge in [0.15, 0.2) is 0 Å². The number of hydrogen-bond acceptors (Lipinski definition) is 2. The Morgan fingerprint density at radius 2 is 2.12 bits per heavy atom. The molecule has 1 N–H and O–H groups in total. The van der Waals surface area contributed by atoms with E-state index >= 15 is 0 Å². The van der Waals surface area contributed by atoms with Crippen LogP contribution in [0.5, 0.6) is 0 Å². The molecule has 94 valence electrons. The van der Waals surface area contributed by atoms with Crippen LogP contribution in [0.1, 0.15) is 46.0 Å². The Balaban J connectivity index is 1.80. The lowest BCUT2D eigenvalue weighted by molar-refractivity contribution is 0.149. The Bertz CT molecular complexity index is 199. The van der Waals surface area contributed by atoms with Gasteiger partial charge in [-0.25, -0.2) is 0 Å². The molecule has 2 nitrogen and oxygen atoms in total. The highest BCUT2D eigenvalue weighted by Crippen LogP contribution is 2.29. The molecule has 0 bridgehead atoms. The summed E-state index contributed by atoms with van der Waals surface area (Å²) < 4.78 is 0. The van der Waals surface area contributed by atoms with Crippen molar-refractivity contribution in [2.75, 3.05) is 26.2 Å². The lowest BCUT2D eigenvalue weighted by Crippen LogP contribution is -2.40. The third-order valence-corrected chi connectivity index (χ3v) is 4.49. The maximum atomic E-state index is 3.49. The average Bonchev–Trinajstić information content (AvgIpc) is 2.79. The normalized spacial score (nSPS) is 35.8. The topological polar surface area (TPSA) is 15.3 Å². The van der Waals surface area contributed by atoms with E-state index in [-0.39, 0.29) is 0 Å². The van der Waals surface area contributed by atoms with Crippen LogP contribution in [0.4, 0.5) is 0 Å². The Labute approximate surface area is 101 Å². The molecule has 16 heavy (non-hydrogen) atoms. The fourth-order valence-electron chi connectivity index (χ4n) is 3.54. The molecule has 1 aliphatic heterocycles. The summed E-state index contributed by atoms with van der Waals surface area (Å²) in [6.45, 7) is 9.78. The second-order valence-corrected chi connectivity index (χ2v) is 5.87. The van der Waals surface area contributed by atoms with E-state index in [9.17, 15) is 0 Å². The van der Waals surface area contributed by atoms with E-state index in [1.54, 1.807) is 0 Å². The van der Waals surface area contributed by atoms with E-state index in [0.717, 1.165) is 17.9 Å². The van der Waals surface area contributed by atoms with Crippen molar-refractivity contribution < 1.29 is 0 Å². The van der Waals surface area contributed by atoms with Crippen molar-refractivity contribution in [3.63, 3.8) is 0 Å². The molecule has 2 rings (SSSR count). The van der Waals surface area contributed by atoms with Gasteiger partial charge in [-0.1, -0.05) is 26.7 Å². The Morgan fingerprint density at radius 1 is 1.25 bits per heavy atom. The summed E-state index contributed by atoms with van der Waals surface area (Å²) in [7, 11) is 0. The van der Waals surface area contributed by atoms with Crippen molar-refractivity contribution in [3.05, 3.63) is 0 Å². The summed E-state index contributed by atoms with van der Waals surface area (Å²) in [6.07, 6.45) is 7.23. The number of nitrogens with zero attached hydrogens (tertiary/aromatic N) is 1. The molecule has 0 radical (unpaired) electrons. The monoisotopic (exact) mass is 224 g/mol. The quantitative estimate of drug-likeness (QED) is 0.789.